The van der Waals surface area contributed by atoms with Gasteiger partial charge in [-0.2, -0.15) is 4.31 Å². The highest BCUT2D eigenvalue weighted by Gasteiger charge is 2.38. The quantitative estimate of drug-likeness (QED) is 0.122. The van der Waals surface area contributed by atoms with E-state index in [1.165, 1.54) is 0 Å². The smallest absolute Gasteiger partial charge is 0.507 e. The highest BCUT2D eigenvalue weighted by Crippen LogP contribution is 2.60. The molecule has 0 bridgehead atoms. The molecule has 0 heterocycles. The van der Waals surface area contributed by atoms with Crippen LogP contribution >= 0.6 is 39.2 Å². The van der Waals surface area contributed by atoms with E-state index in [0.717, 1.165) is 20.9 Å². The molecule has 12 heteroatoms. The maximum Gasteiger partial charge on any atom is 0.536 e. The molecule has 244 valence electrons. The molecule has 1 unspecified atom stereocenters. The lowest BCUT2D eigenvalue weighted by Crippen LogP contribution is -2.20. The third kappa shape index (κ3) is 10.8. The van der Waals surface area contributed by atoms with Gasteiger partial charge in [0, 0.05) is 32.0 Å². The number of aromatic hydroxyl groups is 1. The van der Waals surface area contributed by atoms with Crippen molar-refractivity contribution in [2.75, 3.05) is 0 Å². The summed E-state index contributed by atoms with van der Waals surface area (Å²) in [6, 6.07) is 7.92. The maximum atomic E-state index is 12.7. The second-order valence-corrected chi connectivity index (χ2v) is 21.9. The molecule has 0 fully saturated rings. The summed E-state index contributed by atoms with van der Waals surface area (Å²) in [5, 5.41) is 11.2. The van der Waals surface area contributed by atoms with Crippen molar-refractivity contribution in [3.63, 3.8) is 0 Å². The zero-order valence-electron chi connectivity index (χ0n) is 27.9. The second kappa shape index (κ2) is 12.3. The Morgan fingerprint density at radius 3 is 1.16 bits per heavy atom. The van der Waals surface area contributed by atoms with Crippen LogP contribution < -0.4 is 4.52 Å². The first-order valence-electron chi connectivity index (χ1n) is 14.1. The Balaban J connectivity index is 2.68. The molecule has 2 aromatic carbocycles. The lowest BCUT2D eigenvalue weighted by Gasteiger charge is -2.33. The molecule has 43 heavy (non-hydrogen) atoms. The van der Waals surface area contributed by atoms with Gasteiger partial charge in [0.25, 0.3) is 0 Å². The fourth-order valence-corrected chi connectivity index (χ4v) is 8.76. The van der Waals surface area contributed by atoms with Crippen LogP contribution in [-0.2, 0) is 35.1 Å². The molecule has 0 saturated carbocycles. The van der Waals surface area contributed by atoms with Crippen molar-refractivity contribution < 1.29 is 37.8 Å². The van der Waals surface area contributed by atoms with E-state index in [1.807, 2.05) is 53.7 Å². The van der Waals surface area contributed by atoms with Crippen LogP contribution in [0.1, 0.15) is 119 Å². The largest absolute Gasteiger partial charge is 0.536 e. The van der Waals surface area contributed by atoms with E-state index < -0.39 is 26.5 Å². The number of thioether (sulfide) groups is 2. The van der Waals surface area contributed by atoms with Gasteiger partial charge in [0.2, 0.25) is 0 Å². The first-order chi connectivity index (χ1) is 18.8. The van der Waals surface area contributed by atoms with Gasteiger partial charge < -0.3 is 19.4 Å². The Morgan fingerprint density at radius 2 is 0.884 bits per heavy atom. The van der Waals surface area contributed by atoms with Gasteiger partial charge >= 0.3 is 15.6 Å². The van der Waals surface area contributed by atoms with Gasteiger partial charge in [-0.05, 0) is 59.8 Å². The van der Waals surface area contributed by atoms with Crippen LogP contribution in [0.5, 0.6) is 11.5 Å². The number of phenols is 1. The normalized spacial score (nSPS) is 15.4. The molecule has 0 aliphatic carbocycles. The molecule has 8 nitrogen and oxygen atoms in total. The van der Waals surface area contributed by atoms with E-state index in [2.05, 4.69) is 71.8 Å². The fraction of sp³-hybridized carbons (Fsp3) is 0.613. The van der Waals surface area contributed by atoms with Gasteiger partial charge in [0.15, 0.2) is 0 Å². The van der Waals surface area contributed by atoms with Crippen LogP contribution in [0.4, 0.5) is 0 Å². The van der Waals surface area contributed by atoms with Crippen molar-refractivity contribution in [1.82, 2.24) is 0 Å². The Labute approximate surface area is 266 Å². The monoisotopic (exact) mass is 676 g/mol. The van der Waals surface area contributed by atoms with Gasteiger partial charge in [-0.25, -0.2) is 9.13 Å². The number of hydrogen-bond acceptors (Lipinski definition) is 7. The van der Waals surface area contributed by atoms with E-state index >= 15 is 0 Å². The van der Waals surface area contributed by atoms with Crippen molar-refractivity contribution in [3.8, 4) is 11.5 Å². The van der Waals surface area contributed by atoms with E-state index in [0.29, 0.717) is 16.9 Å². The van der Waals surface area contributed by atoms with E-state index in [1.54, 1.807) is 23.5 Å². The second-order valence-electron chi connectivity index (χ2n) is 15.5. The Morgan fingerprint density at radius 1 is 0.581 bits per heavy atom. The first-order valence-corrected chi connectivity index (χ1v) is 18.7. The minimum Gasteiger partial charge on any atom is -0.507 e. The number of rotatable bonds is 8. The average molecular weight is 677 g/mol. The minimum absolute atomic E-state index is 0.0669. The fourth-order valence-electron chi connectivity index (χ4n) is 4.54. The third-order valence-electron chi connectivity index (χ3n) is 6.52. The van der Waals surface area contributed by atoms with Crippen molar-refractivity contribution >= 4 is 39.2 Å². The van der Waals surface area contributed by atoms with Gasteiger partial charge in [-0.15, -0.1) is 23.5 Å². The highest BCUT2D eigenvalue weighted by molar-refractivity contribution is 8.18. The summed E-state index contributed by atoms with van der Waals surface area (Å²) in [5.74, 6) is 0.399. The maximum absolute atomic E-state index is 12.7. The summed E-state index contributed by atoms with van der Waals surface area (Å²) < 4.78 is 33.3. The van der Waals surface area contributed by atoms with E-state index in [-0.39, 0.29) is 20.7 Å². The van der Waals surface area contributed by atoms with E-state index in [9.17, 15) is 28.9 Å². The third-order valence-corrected chi connectivity index (χ3v) is 11.0. The van der Waals surface area contributed by atoms with Gasteiger partial charge in [-0.1, -0.05) is 83.1 Å². The Hall–Kier alpha value is -0.960. The summed E-state index contributed by atoms with van der Waals surface area (Å²) in [4.78, 5) is 30.6. The van der Waals surface area contributed by atoms with Crippen LogP contribution in [0.25, 0.3) is 0 Å². The molecule has 0 spiro atoms. The number of phosphoric acid groups is 2. The summed E-state index contributed by atoms with van der Waals surface area (Å²) in [7, 11) is -10.5. The van der Waals surface area contributed by atoms with E-state index in [4.69, 9.17) is 4.52 Å². The molecule has 0 radical (unpaired) electrons. The molecule has 0 aliphatic heterocycles. The Bertz CT molecular complexity index is 1370. The molecular formula is C31H50O8P2S2. The van der Waals surface area contributed by atoms with Gasteiger partial charge in [-0.3, -0.25) is 4.89 Å². The SMILES string of the molecule is CC(C)(Sc1cc(C(C)(C)C)c(O)c(C(C)(C)C)c1)Sc1cc(C(C)(C)C)c(OP(=O)(O)OP(=O)(O)O)c(C(C)(C)C)c1. The summed E-state index contributed by atoms with van der Waals surface area (Å²) in [6.07, 6.45) is 0. The number of hydrogen-bond donors (Lipinski definition) is 4. The molecule has 0 aromatic heterocycles. The molecule has 4 N–H and O–H groups in total. The van der Waals surface area contributed by atoms with Crippen LogP contribution in [0.2, 0.25) is 0 Å². The predicted molar refractivity (Wildman–Crippen MR) is 179 cm³/mol. The lowest BCUT2D eigenvalue weighted by atomic mass is 9.79. The first kappa shape index (κ1) is 38.2. The Kier molecular flexibility index (Phi) is 11.0. The van der Waals surface area contributed by atoms with Crippen LogP contribution in [0, 0.1) is 0 Å². The lowest BCUT2D eigenvalue weighted by molar-refractivity contribution is 0.227. The zero-order chi connectivity index (χ0) is 33.8. The standard InChI is InChI=1S/C31H50O8P2S2/c1-27(2,3)21-15-19(16-22(25(21)32)28(4,5)6)42-31(13,14)43-20-17-23(29(7,8)9)26(24(18-20)30(10,11)12)38-41(36,37)39-40(33,34)35/h15-18,32H,1-14H3,(H,36,37)(H2,33,34,35). The zero-order valence-corrected chi connectivity index (χ0v) is 31.4. The van der Waals surface area contributed by atoms with Crippen molar-refractivity contribution in [2.24, 2.45) is 0 Å². The summed E-state index contributed by atoms with van der Waals surface area (Å²) >= 11 is 3.31. The highest BCUT2D eigenvalue weighted by atomic mass is 32.2. The minimum atomic E-state index is -5.30. The van der Waals surface area contributed by atoms with Crippen molar-refractivity contribution in [2.45, 2.75) is 132 Å². The van der Waals surface area contributed by atoms with Crippen molar-refractivity contribution in [1.29, 1.82) is 0 Å². The summed E-state index contributed by atoms with van der Waals surface area (Å²) in [6.45, 7) is 28.4. The molecular weight excluding hydrogens is 626 g/mol. The number of phenolic OH excluding ortho intramolecular Hbond substituents is 1. The molecule has 0 amide bonds. The number of phosphoric ester groups is 1. The number of benzene rings is 2. The molecule has 0 saturated heterocycles. The average Bonchev–Trinajstić information content (AvgIpc) is 2.70. The molecule has 2 rings (SSSR count). The molecule has 1 atom stereocenters. The van der Waals surface area contributed by atoms with Crippen LogP contribution in [0.15, 0.2) is 34.1 Å². The van der Waals surface area contributed by atoms with Gasteiger partial charge in [0.1, 0.15) is 11.5 Å². The van der Waals surface area contributed by atoms with Crippen molar-refractivity contribution in [3.05, 3.63) is 46.5 Å². The van der Waals surface area contributed by atoms with Gasteiger partial charge in [0.05, 0.1) is 4.08 Å². The van der Waals surface area contributed by atoms with Crippen LogP contribution in [-0.4, -0.2) is 23.9 Å². The predicted octanol–water partition coefficient (Wildman–Crippen LogP) is 9.79. The topological polar surface area (TPSA) is 134 Å². The van der Waals surface area contributed by atoms with Crippen LogP contribution in [0.3, 0.4) is 0 Å². The molecule has 0 aliphatic rings. The summed E-state index contributed by atoms with van der Waals surface area (Å²) in [5.41, 5.74) is 1.33. The molecule has 2 aromatic rings.